The van der Waals surface area contributed by atoms with Gasteiger partial charge in [-0.25, -0.2) is 0 Å². The van der Waals surface area contributed by atoms with Crippen molar-refractivity contribution >= 4 is 92.2 Å². The minimum Gasteiger partial charge on any atom is -0.453 e. The number of thiophene rings is 1. The van der Waals surface area contributed by atoms with Crippen molar-refractivity contribution in [1.29, 1.82) is 0 Å². The van der Waals surface area contributed by atoms with Crippen molar-refractivity contribution in [3.05, 3.63) is 273 Å². The molecular formula is C72H45N3OS. The van der Waals surface area contributed by atoms with Gasteiger partial charge in [-0.15, -0.1) is 11.3 Å². The minimum absolute atomic E-state index is 0.779. The normalized spacial score (nSPS) is 12.2. The zero-order chi connectivity index (χ0) is 50.6. The zero-order valence-electron chi connectivity index (χ0n) is 41.6. The van der Waals surface area contributed by atoms with Crippen LogP contribution in [0.15, 0.2) is 273 Å². The van der Waals surface area contributed by atoms with Crippen LogP contribution in [0.5, 0.6) is 11.5 Å². The third kappa shape index (κ3) is 7.05. The van der Waals surface area contributed by atoms with Crippen molar-refractivity contribution < 1.29 is 4.74 Å². The summed E-state index contributed by atoms with van der Waals surface area (Å²) in [5.41, 5.74) is 19.1. The van der Waals surface area contributed by atoms with E-state index >= 15 is 0 Å². The Morgan fingerprint density at radius 1 is 0.247 bits per heavy atom. The molecule has 4 heterocycles. The number of benzene rings is 12. The van der Waals surface area contributed by atoms with Crippen molar-refractivity contribution in [2.75, 3.05) is 4.90 Å². The third-order valence-corrected chi connectivity index (χ3v) is 16.8. The van der Waals surface area contributed by atoms with Gasteiger partial charge in [0.25, 0.3) is 0 Å². The molecule has 77 heavy (non-hydrogen) atoms. The molecule has 0 spiro atoms. The Balaban J connectivity index is 0.896. The number of aromatic nitrogens is 2. The standard InChI is InChI=1S/C72H45N3OS/c1-5-15-46(16-6-1)50-25-32-63-58(39-50)59-40-51(47-17-7-2-8-18-47)26-33-64(59)73(63)55-29-36-67-69(44-55)76-70-45-56(30-37-68(70)75(67)54-31-38-72-62(43-54)57-23-13-14-24-71(57)77-72)74-65-34-27-52(48-19-9-3-10-20-48)41-60(65)61-42-53(28-35-66(61)74)49-21-11-4-12-22-49/h1-45H. The molecule has 5 heteroatoms. The maximum atomic E-state index is 7.34. The van der Waals surface area contributed by atoms with E-state index in [0.29, 0.717) is 0 Å². The molecule has 0 unspecified atom stereocenters. The maximum absolute atomic E-state index is 7.34. The molecule has 1 aliphatic heterocycles. The molecule has 0 N–H and O–H groups in total. The summed E-state index contributed by atoms with van der Waals surface area (Å²) in [6, 6.07) is 99.4. The first-order valence-electron chi connectivity index (χ1n) is 26.2. The summed E-state index contributed by atoms with van der Waals surface area (Å²) < 4.78 is 14.7. The molecule has 0 radical (unpaired) electrons. The Bertz CT molecular complexity index is 4380. The van der Waals surface area contributed by atoms with E-state index in [9.17, 15) is 0 Å². The molecule has 4 nitrogen and oxygen atoms in total. The molecule has 0 aliphatic carbocycles. The zero-order valence-corrected chi connectivity index (χ0v) is 42.5. The molecule has 0 saturated heterocycles. The fourth-order valence-electron chi connectivity index (χ4n) is 12.0. The van der Waals surface area contributed by atoms with E-state index in [4.69, 9.17) is 4.74 Å². The number of hydrogen-bond donors (Lipinski definition) is 0. The first kappa shape index (κ1) is 43.5. The van der Waals surface area contributed by atoms with E-state index in [1.165, 1.54) is 86.2 Å². The van der Waals surface area contributed by atoms with Crippen LogP contribution in [0.4, 0.5) is 17.1 Å². The Morgan fingerprint density at radius 3 is 1.03 bits per heavy atom. The van der Waals surface area contributed by atoms with Crippen LogP contribution >= 0.6 is 11.3 Å². The summed E-state index contributed by atoms with van der Waals surface area (Å²) in [6.45, 7) is 0. The third-order valence-electron chi connectivity index (χ3n) is 15.7. The van der Waals surface area contributed by atoms with E-state index in [1.54, 1.807) is 0 Å². The molecule has 0 amide bonds. The van der Waals surface area contributed by atoms with E-state index in [2.05, 4.69) is 287 Å². The van der Waals surface area contributed by atoms with E-state index < -0.39 is 0 Å². The fraction of sp³-hybridized carbons (Fsp3) is 0. The van der Waals surface area contributed by atoms with Crippen molar-refractivity contribution in [3.63, 3.8) is 0 Å². The van der Waals surface area contributed by atoms with Gasteiger partial charge in [-0.2, -0.15) is 0 Å². The van der Waals surface area contributed by atoms with Gasteiger partial charge in [0, 0.05) is 59.5 Å². The van der Waals surface area contributed by atoms with Crippen molar-refractivity contribution in [2.45, 2.75) is 0 Å². The quantitative estimate of drug-likeness (QED) is 0.159. The van der Waals surface area contributed by atoms with E-state index in [1.807, 2.05) is 11.3 Å². The second-order valence-corrected chi connectivity index (χ2v) is 21.2. The van der Waals surface area contributed by atoms with Gasteiger partial charge >= 0.3 is 0 Å². The van der Waals surface area contributed by atoms with Crippen LogP contribution in [0.2, 0.25) is 0 Å². The van der Waals surface area contributed by atoms with Crippen LogP contribution in [-0.2, 0) is 0 Å². The monoisotopic (exact) mass is 999 g/mol. The van der Waals surface area contributed by atoms with Gasteiger partial charge in [0.2, 0.25) is 0 Å². The SMILES string of the molecule is c1ccc(-c2ccc3c(c2)c2cc(-c4ccccc4)ccc2n3-c2ccc3c(c2)Oc2cc(-n4c5ccc(-c6ccccc6)cc5c5cc(-c6ccccc6)ccc54)ccc2N3c2ccc3sc4ccccc4c3c2)cc1. The summed E-state index contributed by atoms with van der Waals surface area (Å²) in [5.74, 6) is 1.56. The lowest BCUT2D eigenvalue weighted by molar-refractivity contribution is 0.476. The van der Waals surface area contributed by atoms with Gasteiger partial charge in [0.15, 0.2) is 11.5 Å². The highest BCUT2D eigenvalue weighted by Gasteiger charge is 2.29. The lowest BCUT2D eigenvalue weighted by atomic mass is 10.0. The Labute approximate surface area is 448 Å². The molecule has 12 aromatic carbocycles. The summed E-state index contributed by atoms with van der Waals surface area (Å²) in [5, 5.41) is 7.30. The molecule has 15 aromatic rings. The Kier molecular flexibility index (Phi) is 9.78. The highest BCUT2D eigenvalue weighted by molar-refractivity contribution is 7.25. The smallest absolute Gasteiger partial charge is 0.153 e. The summed E-state index contributed by atoms with van der Waals surface area (Å²) in [6.07, 6.45) is 0. The number of hydrogen-bond acceptors (Lipinski definition) is 3. The van der Waals surface area contributed by atoms with Gasteiger partial charge in [-0.3, -0.25) is 0 Å². The summed E-state index contributed by atoms with van der Waals surface area (Å²) in [7, 11) is 0. The Morgan fingerprint density at radius 2 is 0.610 bits per heavy atom. The second kappa shape index (κ2) is 17.3. The van der Waals surface area contributed by atoms with E-state index in [0.717, 1.165) is 62.0 Å². The molecule has 1 aliphatic rings. The molecule has 360 valence electrons. The lowest BCUT2D eigenvalue weighted by Gasteiger charge is -2.33. The topological polar surface area (TPSA) is 22.3 Å². The van der Waals surface area contributed by atoms with Crippen molar-refractivity contribution in [1.82, 2.24) is 9.13 Å². The number of ether oxygens (including phenoxy) is 1. The highest BCUT2D eigenvalue weighted by Crippen LogP contribution is 2.53. The maximum Gasteiger partial charge on any atom is 0.153 e. The van der Waals surface area contributed by atoms with Crippen LogP contribution in [0, 0.1) is 0 Å². The number of anilines is 3. The molecular weight excluding hydrogens is 955 g/mol. The first-order valence-corrected chi connectivity index (χ1v) is 27.0. The predicted molar refractivity (Wildman–Crippen MR) is 325 cm³/mol. The largest absolute Gasteiger partial charge is 0.453 e. The highest BCUT2D eigenvalue weighted by atomic mass is 32.1. The second-order valence-electron chi connectivity index (χ2n) is 20.1. The molecule has 3 aromatic heterocycles. The average molecular weight is 1000 g/mol. The minimum atomic E-state index is 0.779. The number of rotatable bonds is 7. The Hall–Kier alpha value is -9.94. The van der Waals surface area contributed by atoms with Crippen LogP contribution in [0.3, 0.4) is 0 Å². The number of fused-ring (bicyclic) bond motifs is 11. The van der Waals surface area contributed by atoms with Gasteiger partial charge in [-0.05, 0) is 142 Å². The average Bonchev–Trinajstić information content (AvgIpc) is 4.17. The van der Waals surface area contributed by atoms with Gasteiger partial charge < -0.3 is 18.8 Å². The predicted octanol–water partition coefficient (Wildman–Crippen LogP) is 20.5. The van der Waals surface area contributed by atoms with Crippen LogP contribution in [0.1, 0.15) is 0 Å². The van der Waals surface area contributed by atoms with E-state index in [-0.39, 0.29) is 0 Å². The van der Waals surface area contributed by atoms with Crippen LogP contribution in [-0.4, -0.2) is 9.13 Å². The molecule has 0 saturated carbocycles. The van der Waals surface area contributed by atoms with Crippen molar-refractivity contribution in [3.8, 4) is 67.4 Å². The lowest BCUT2D eigenvalue weighted by Crippen LogP contribution is -2.16. The molecule has 16 rings (SSSR count). The number of nitrogens with zero attached hydrogens (tertiary/aromatic N) is 3. The fourth-order valence-corrected chi connectivity index (χ4v) is 13.1. The summed E-state index contributed by atoms with van der Waals surface area (Å²) in [4.78, 5) is 2.39. The first-order chi connectivity index (χ1) is 38.1. The molecule has 0 fully saturated rings. The summed E-state index contributed by atoms with van der Waals surface area (Å²) >= 11 is 1.84. The van der Waals surface area contributed by atoms with Gasteiger partial charge in [0.05, 0.1) is 44.8 Å². The van der Waals surface area contributed by atoms with Gasteiger partial charge in [-0.1, -0.05) is 164 Å². The van der Waals surface area contributed by atoms with Crippen LogP contribution in [0.25, 0.3) is 120 Å². The molecule has 0 atom stereocenters. The van der Waals surface area contributed by atoms with Gasteiger partial charge in [0.1, 0.15) is 0 Å². The van der Waals surface area contributed by atoms with Crippen LogP contribution < -0.4 is 9.64 Å². The van der Waals surface area contributed by atoms with Crippen molar-refractivity contribution in [2.24, 2.45) is 0 Å². The molecule has 0 bridgehead atoms.